The fraction of sp³-hybridized carbons (Fsp3) is 0.391. The van der Waals surface area contributed by atoms with Crippen molar-refractivity contribution in [2.24, 2.45) is 5.73 Å². The number of para-hydroxylation sites is 2. The van der Waals surface area contributed by atoms with E-state index in [1.807, 2.05) is 24.3 Å². The monoisotopic (exact) mass is 390 g/mol. The first-order valence-electron chi connectivity index (χ1n) is 10.4. The Balaban J connectivity index is 1.22. The average Bonchev–Trinajstić information content (AvgIpc) is 3.20. The largest absolute Gasteiger partial charge is 0.440 e. The molecule has 0 spiro atoms. The molecule has 3 atom stereocenters. The Morgan fingerprint density at radius 1 is 1.07 bits per heavy atom. The van der Waals surface area contributed by atoms with Crippen LogP contribution >= 0.6 is 0 Å². The van der Waals surface area contributed by atoms with Gasteiger partial charge in [-0.3, -0.25) is 4.90 Å². The summed E-state index contributed by atoms with van der Waals surface area (Å²) in [7, 11) is 0. The van der Waals surface area contributed by atoms with E-state index in [2.05, 4.69) is 39.5 Å². The van der Waals surface area contributed by atoms with Crippen molar-refractivity contribution in [1.29, 1.82) is 0 Å². The maximum Gasteiger partial charge on any atom is 0.312 e. The van der Waals surface area contributed by atoms with E-state index in [1.54, 1.807) is 0 Å². The lowest BCUT2D eigenvalue weighted by molar-refractivity contribution is 0.112. The average molecular weight is 390 g/mol. The normalized spacial score (nSPS) is 24.1. The van der Waals surface area contributed by atoms with Crippen molar-refractivity contribution >= 4 is 17.1 Å². The Morgan fingerprint density at radius 3 is 2.45 bits per heavy atom. The van der Waals surface area contributed by atoms with Crippen molar-refractivity contribution in [2.75, 3.05) is 0 Å². The third-order valence-corrected chi connectivity index (χ3v) is 6.31. The van der Waals surface area contributed by atoms with Crippen LogP contribution in [0.4, 0.5) is 4.79 Å². The van der Waals surface area contributed by atoms with Crippen LogP contribution in [0.2, 0.25) is 0 Å². The summed E-state index contributed by atoms with van der Waals surface area (Å²) in [6.07, 6.45) is 5.10. The van der Waals surface area contributed by atoms with Gasteiger partial charge in [0.25, 0.3) is 0 Å². The van der Waals surface area contributed by atoms with Crippen molar-refractivity contribution in [3.8, 4) is 0 Å². The lowest BCUT2D eigenvalue weighted by Gasteiger charge is -2.39. The molecule has 1 aromatic heterocycles. The van der Waals surface area contributed by atoms with Gasteiger partial charge in [0.1, 0.15) is 5.52 Å². The number of benzene rings is 2. The Hall–Kier alpha value is -2.86. The molecule has 2 aromatic carbocycles. The number of nitrogens with zero attached hydrogens (tertiary/aromatic N) is 2. The summed E-state index contributed by atoms with van der Waals surface area (Å²) in [6, 6.07) is 17.5. The fourth-order valence-corrected chi connectivity index (χ4v) is 4.99. The Bertz CT molecular complexity index is 966. The van der Waals surface area contributed by atoms with E-state index in [0.29, 0.717) is 18.5 Å². The number of aromatic nitrogens is 1. The highest BCUT2D eigenvalue weighted by Gasteiger charge is 2.40. The van der Waals surface area contributed by atoms with Gasteiger partial charge in [0.15, 0.2) is 11.5 Å². The van der Waals surface area contributed by atoms with Crippen LogP contribution in [-0.2, 0) is 13.0 Å². The molecule has 3 N–H and O–H groups in total. The van der Waals surface area contributed by atoms with E-state index in [4.69, 9.17) is 10.2 Å². The second kappa shape index (κ2) is 7.52. The summed E-state index contributed by atoms with van der Waals surface area (Å²) >= 11 is 0. The maximum atomic E-state index is 11.2. The van der Waals surface area contributed by atoms with Crippen molar-refractivity contribution in [1.82, 2.24) is 15.2 Å². The number of carbonyl (C=O) groups excluding carboxylic acids is 1. The first-order valence-corrected chi connectivity index (χ1v) is 10.4. The molecule has 2 saturated heterocycles. The van der Waals surface area contributed by atoms with Crippen molar-refractivity contribution in [3.05, 3.63) is 65.5 Å². The molecule has 2 amide bonds. The standard InChI is InChI=1S/C23H26N4O2/c24-23(28)25-17-12-18-9-10-19(13-17)27(18)14-16-7-5-15(6-8-16)11-22-26-20-3-1-2-4-21(20)29-22/h1-8,17-19H,9-14H2,(H3,24,25,28)/t17?,18-,19?/m1/s1. The summed E-state index contributed by atoms with van der Waals surface area (Å²) < 4.78 is 5.84. The number of carbonyl (C=O) groups is 1. The molecule has 5 rings (SSSR count). The molecule has 0 saturated carbocycles. The van der Waals surface area contributed by atoms with Crippen LogP contribution in [0, 0.1) is 0 Å². The summed E-state index contributed by atoms with van der Waals surface area (Å²) in [5, 5.41) is 2.90. The Labute approximate surface area is 170 Å². The first-order chi connectivity index (χ1) is 14.1. The van der Waals surface area contributed by atoms with Gasteiger partial charge in [0.05, 0.1) is 0 Å². The van der Waals surface area contributed by atoms with Crippen molar-refractivity contribution in [3.63, 3.8) is 0 Å². The number of urea groups is 1. The van der Waals surface area contributed by atoms with Gasteiger partial charge in [-0.15, -0.1) is 0 Å². The van der Waals surface area contributed by atoms with Gasteiger partial charge in [-0.2, -0.15) is 0 Å². The zero-order valence-corrected chi connectivity index (χ0v) is 16.4. The van der Waals surface area contributed by atoms with E-state index >= 15 is 0 Å². The molecule has 3 aromatic rings. The number of nitrogens with two attached hydrogens (primary N) is 1. The molecule has 6 heteroatoms. The summed E-state index contributed by atoms with van der Waals surface area (Å²) in [5.41, 5.74) is 9.58. The van der Waals surface area contributed by atoms with Gasteiger partial charge >= 0.3 is 6.03 Å². The molecule has 29 heavy (non-hydrogen) atoms. The molecule has 6 nitrogen and oxygen atoms in total. The lowest BCUT2D eigenvalue weighted by Crippen LogP contribution is -2.51. The molecule has 3 heterocycles. The van der Waals surface area contributed by atoms with Crippen LogP contribution < -0.4 is 11.1 Å². The number of nitrogens with one attached hydrogen (secondary N) is 1. The predicted octanol–water partition coefficient (Wildman–Crippen LogP) is 3.58. The highest BCUT2D eigenvalue weighted by molar-refractivity contribution is 5.72. The number of primary amides is 1. The van der Waals surface area contributed by atoms with Crippen LogP contribution in [0.5, 0.6) is 0 Å². The van der Waals surface area contributed by atoms with Crippen LogP contribution in [-0.4, -0.2) is 34.0 Å². The molecule has 2 aliphatic rings. The minimum atomic E-state index is -0.405. The number of amides is 2. The number of piperidine rings is 1. The predicted molar refractivity (Wildman–Crippen MR) is 111 cm³/mol. The summed E-state index contributed by atoms with van der Waals surface area (Å²) in [6.45, 7) is 0.960. The highest BCUT2D eigenvalue weighted by Crippen LogP contribution is 2.36. The minimum absolute atomic E-state index is 0.222. The van der Waals surface area contributed by atoms with E-state index in [-0.39, 0.29) is 6.04 Å². The third-order valence-electron chi connectivity index (χ3n) is 6.31. The molecular weight excluding hydrogens is 364 g/mol. The van der Waals surface area contributed by atoms with Crippen molar-refractivity contribution in [2.45, 2.75) is 56.8 Å². The second-order valence-corrected chi connectivity index (χ2v) is 8.30. The van der Waals surface area contributed by atoms with Crippen LogP contribution in [0.15, 0.2) is 52.9 Å². The second-order valence-electron chi connectivity index (χ2n) is 8.30. The van der Waals surface area contributed by atoms with Crippen LogP contribution in [0.3, 0.4) is 0 Å². The van der Waals surface area contributed by atoms with Crippen LogP contribution in [0.1, 0.15) is 42.7 Å². The Kier molecular flexibility index (Phi) is 4.72. The lowest BCUT2D eigenvalue weighted by atomic mass is 9.96. The van der Waals surface area contributed by atoms with Gasteiger partial charge < -0.3 is 15.5 Å². The number of oxazole rings is 1. The molecule has 150 valence electrons. The van der Waals surface area contributed by atoms with Crippen molar-refractivity contribution < 1.29 is 9.21 Å². The fourth-order valence-electron chi connectivity index (χ4n) is 4.99. The number of rotatable bonds is 5. The van der Waals surface area contributed by atoms with E-state index in [0.717, 1.165) is 36.4 Å². The summed E-state index contributed by atoms with van der Waals surface area (Å²) in [5.74, 6) is 0.751. The van der Waals surface area contributed by atoms with E-state index in [1.165, 1.54) is 24.0 Å². The molecule has 0 radical (unpaired) electrons. The van der Waals surface area contributed by atoms with Gasteiger partial charge in [0, 0.05) is 31.1 Å². The molecule has 2 bridgehead atoms. The van der Waals surface area contributed by atoms with Gasteiger partial charge in [-0.25, -0.2) is 9.78 Å². The van der Waals surface area contributed by atoms with Gasteiger partial charge in [-0.1, -0.05) is 36.4 Å². The van der Waals surface area contributed by atoms with Gasteiger partial charge in [0.2, 0.25) is 0 Å². The molecule has 2 aliphatic heterocycles. The number of hydrogen-bond donors (Lipinski definition) is 2. The van der Waals surface area contributed by atoms with E-state index in [9.17, 15) is 4.79 Å². The first kappa shape index (κ1) is 18.2. The highest BCUT2D eigenvalue weighted by atomic mass is 16.3. The van der Waals surface area contributed by atoms with Gasteiger partial charge in [-0.05, 0) is 48.9 Å². The topological polar surface area (TPSA) is 84.4 Å². The molecule has 2 fully saturated rings. The third kappa shape index (κ3) is 3.85. The molecular formula is C23H26N4O2. The number of hydrogen-bond acceptors (Lipinski definition) is 4. The molecule has 2 unspecified atom stereocenters. The van der Waals surface area contributed by atoms with Crippen LogP contribution in [0.25, 0.3) is 11.1 Å². The number of fused-ring (bicyclic) bond motifs is 3. The zero-order valence-electron chi connectivity index (χ0n) is 16.4. The van der Waals surface area contributed by atoms with E-state index < -0.39 is 6.03 Å². The SMILES string of the molecule is NC(=O)NC1CC2CC[C@H](C1)N2Cc1ccc(Cc2nc3ccccc3o2)cc1. The minimum Gasteiger partial charge on any atom is -0.440 e. The summed E-state index contributed by atoms with van der Waals surface area (Å²) in [4.78, 5) is 18.3. The Morgan fingerprint density at radius 2 is 1.76 bits per heavy atom. The smallest absolute Gasteiger partial charge is 0.312 e. The quantitative estimate of drug-likeness (QED) is 0.697. The zero-order chi connectivity index (χ0) is 19.8. The molecule has 0 aliphatic carbocycles. The maximum absolute atomic E-state index is 11.2.